The minimum atomic E-state index is 0.133. The Morgan fingerprint density at radius 1 is 1.46 bits per heavy atom. The van der Waals surface area contributed by atoms with Gasteiger partial charge in [0.05, 0.1) is 5.38 Å². The second-order valence-corrected chi connectivity index (χ2v) is 3.89. The smallest absolute Gasteiger partial charge is 0.208 e. The molecule has 0 saturated carbocycles. The van der Waals surface area contributed by atoms with Gasteiger partial charge in [0.15, 0.2) is 3.95 Å². The molecule has 66 valence electrons. The SMILES string of the molecule is Oc1csc(=S)n1-c1ccccn1. The summed E-state index contributed by atoms with van der Waals surface area (Å²) in [6, 6.07) is 5.46. The Kier molecular flexibility index (Phi) is 2.12. The molecule has 1 N–H and O–H groups in total. The summed E-state index contributed by atoms with van der Waals surface area (Å²) in [6.45, 7) is 0. The van der Waals surface area contributed by atoms with Gasteiger partial charge in [0, 0.05) is 6.20 Å². The van der Waals surface area contributed by atoms with Crippen LogP contribution in [0.1, 0.15) is 0 Å². The fourth-order valence-corrected chi connectivity index (χ4v) is 1.93. The number of rotatable bonds is 1. The first-order chi connectivity index (χ1) is 6.29. The Morgan fingerprint density at radius 3 is 2.85 bits per heavy atom. The zero-order chi connectivity index (χ0) is 9.26. The summed E-state index contributed by atoms with van der Waals surface area (Å²) >= 11 is 6.35. The molecule has 0 fully saturated rings. The molecule has 0 radical (unpaired) electrons. The van der Waals surface area contributed by atoms with Crippen molar-refractivity contribution in [3.05, 3.63) is 33.7 Å². The van der Waals surface area contributed by atoms with Crippen LogP contribution in [0.5, 0.6) is 5.88 Å². The lowest BCUT2D eigenvalue weighted by Gasteiger charge is -2.00. The fraction of sp³-hybridized carbons (Fsp3) is 0. The summed E-state index contributed by atoms with van der Waals surface area (Å²) in [6.07, 6.45) is 1.66. The second-order valence-electron chi connectivity index (χ2n) is 2.38. The van der Waals surface area contributed by atoms with Crippen LogP contribution in [0.15, 0.2) is 29.8 Å². The van der Waals surface area contributed by atoms with Crippen molar-refractivity contribution in [3.8, 4) is 11.7 Å². The molecule has 2 rings (SSSR count). The molecule has 5 heteroatoms. The largest absolute Gasteiger partial charge is 0.494 e. The predicted molar refractivity (Wildman–Crippen MR) is 53.9 cm³/mol. The highest BCUT2D eigenvalue weighted by Gasteiger charge is 2.04. The minimum Gasteiger partial charge on any atom is -0.494 e. The Bertz CT molecular complexity index is 460. The molecule has 13 heavy (non-hydrogen) atoms. The number of pyridine rings is 1. The Labute approximate surface area is 83.9 Å². The fourth-order valence-electron chi connectivity index (χ4n) is 0.999. The van der Waals surface area contributed by atoms with Gasteiger partial charge in [-0.2, -0.15) is 0 Å². The van der Waals surface area contributed by atoms with E-state index >= 15 is 0 Å². The van der Waals surface area contributed by atoms with Gasteiger partial charge in [0.2, 0.25) is 5.88 Å². The number of aromatic hydroxyl groups is 1. The quantitative estimate of drug-likeness (QED) is 0.734. The molecule has 0 bridgehead atoms. The zero-order valence-electron chi connectivity index (χ0n) is 6.54. The van der Waals surface area contributed by atoms with Gasteiger partial charge in [-0.3, -0.25) is 0 Å². The van der Waals surface area contributed by atoms with Crippen LogP contribution >= 0.6 is 23.6 Å². The van der Waals surface area contributed by atoms with Crippen LogP contribution in [-0.2, 0) is 0 Å². The average Bonchev–Trinajstić information content (AvgIpc) is 2.48. The van der Waals surface area contributed by atoms with Crippen molar-refractivity contribution in [2.75, 3.05) is 0 Å². The molecule has 2 aromatic heterocycles. The van der Waals surface area contributed by atoms with Crippen molar-refractivity contribution in [3.63, 3.8) is 0 Å². The topological polar surface area (TPSA) is 38.0 Å². The number of hydrogen-bond acceptors (Lipinski definition) is 4. The van der Waals surface area contributed by atoms with Crippen molar-refractivity contribution in [2.24, 2.45) is 0 Å². The van der Waals surface area contributed by atoms with E-state index in [1.54, 1.807) is 17.6 Å². The van der Waals surface area contributed by atoms with Crippen molar-refractivity contribution in [1.29, 1.82) is 0 Å². The average molecular weight is 210 g/mol. The standard InChI is InChI=1S/C8H6N2OS2/c11-7-5-13-8(12)10(7)6-3-1-2-4-9-6/h1-5,11H. The van der Waals surface area contributed by atoms with Crippen LogP contribution in [0, 0.1) is 3.95 Å². The maximum atomic E-state index is 9.45. The van der Waals surface area contributed by atoms with Crippen molar-refractivity contribution < 1.29 is 5.11 Å². The number of nitrogens with zero attached hydrogens (tertiary/aromatic N) is 2. The van der Waals surface area contributed by atoms with Crippen LogP contribution in [0.25, 0.3) is 5.82 Å². The Hall–Kier alpha value is -1.20. The molecule has 0 unspecified atom stereocenters. The Morgan fingerprint density at radius 2 is 2.31 bits per heavy atom. The van der Waals surface area contributed by atoms with E-state index in [9.17, 15) is 5.11 Å². The summed E-state index contributed by atoms with van der Waals surface area (Å²) in [5, 5.41) is 11.0. The summed E-state index contributed by atoms with van der Waals surface area (Å²) in [5.74, 6) is 0.778. The number of hydrogen-bond donors (Lipinski definition) is 1. The molecule has 2 aromatic rings. The predicted octanol–water partition coefficient (Wildman–Crippen LogP) is 2.37. The van der Waals surface area contributed by atoms with E-state index in [1.807, 2.05) is 12.1 Å². The van der Waals surface area contributed by atoms with E-state index in [-0.39, 0.29) is 5.88 Å². The van der Waals surface area contributed by atoms with E-state index in [4.69, 9.17) is 12.2 Å². The van der Waals surface area contributed by atoms with Gasteiger partial charge in [-0.25, -0.2) is 9.55 Å². The minimum absolute atomic E-state index is 0.133. The molecular weight excluding hydrogens is 204 g/mol. The van der Waals surface area contributed by atoms with Gasteiger partial charge in [-0.1, -0.05) is 6.07 Å². The molecule has 0 aliphatic heterocycles. The van der Waals surface area contributed by atoms with Gasteiger partial charge in [-0.05, 0) is 24.4 Å². The van der Waals surface area contributed by atoms with Crippen LogP contribution in [0.3, 0.4) is 0 Å². The third kappa shape index (κ3) is 1.48. The molecule has 2 heterocycles. The number of aromatic nitrogens is 2. The highest BCUT2D eigenvalue weighted by atomic mass is 32.1. The molecule has 0 amide bonds. The normalized spacial score (nSPS) is 10.2. The van der Waals surface area contributed by atoms with Crippen molar-refractivity contribution in [1.82, 2.24) is 9.55 Å². The van der Waals surface area contributed by atoms with Gasteiger partial charge in [-0.15, -0.1) is 11.3 Å². The second kappa shape index (κ2) is 3.27. The molecule has 0 aliphatic rings. The van der Waals surface area contributed by atoms with E-state index in [0.29, 0.717) is 9.77 Å². The van der Waals surface area contributed by atoms with Gasteiger partial charge in [0.1, 0.15) is 5.82 Å². The van der Waals surface area contributed by atoms with Crippen LogP contribution < -0.4 is 0 Å². The van der Waals surface area contributed by atoms with Crippen LogP contribution in [0.4, 0.5) is 0 Å². The lowest BCUT2D eigenvalue weighted by atomic mass is 10.4. The van der Waals surface area contributed by atoms with Crippen LogP contribution in [0.2, 0.25) is 0 Å². The molecule has 0 atom stereocenters. The Balaban J connectivity index is 2.65. The van der Waals surface area contributed by atoms with E-state index in [2.05, 4.69) is 4.98 Å². The highest BCUT2D eigenvalue weighted by molar-refractivity contribution is 7.73. The molecule has 0 spiro atoms. The molecule has 3 nitrogen and oxygen atoms in total. The third-order valence-electron chi connectivity index (χ3n) is 1.56. The summed E-state index contributed by atoms with van der Waals surface area (Å²) in [7, 11) is 0. The van der Waals surface area contributed by atoms with E-state index < -0.39 is 0 Å². The van der Waals surface area contributed by atoms with E-state index in [1.165, 1.54) is 15.9 Å². The molecule has 0 aliphatic carbocycles. The van der Waals surface area contributed by atoms with E-state index in [0.717, 1.165) is 0 Å². The highest BCUT2D eigenvalue weighted by Crippen LogP contribution is 2.20. The lowest BCUT2D eigenvalue weighted by molar-refractivity contribution is 0.441. The van der Waals surface area contributed by atoms with Crippen molar-refractivity contribution in [2.45, 2.75) is 0 Å². The first-order valence-corrected chi connectivity index (χ1v) is 4.89. The summed E-state index contributed by atoms with van der Waals surface area (Å²) in [4.78, 5) is 4.09. The van der Waals surface area contributed by atoms with Gasteiger partial charge < -0.3 is 5.11 Å². The molecule has 0 aromatic carbocycles. The van der Waals surface area contributed by atoms with Gasteiger partial charge >= 0.3 is 0 Å². The maximum Gasteiger partial charge on any atom is 0.208 e. The molecule has 0 saturated heterocycles. The molecular formula is C8H6N2OS2. The summed E-state index contributed by atoms with van der Waals surface area (Å²) in [5.41, 5.74) is 0. The third-order valence-corrected chi connectivity index (χ3v) is 2.74. The monoisotopic (exact) mass is 210 g/mol. The van der Waals surface area contributed by atoms with Gasteiger partial charge in [0.25, 0.3) is 0 Å². The first kappa shape index (κ1) is 8.40. The maximum absolute atomic E-state index is 9.45. The first-order valence-electron chi connectivity index (χ1n) is 3.60. The van der Waals surface area contributed by atoms with Crippen molar-refractivity contribution >= 4 is 23.6 Å². The summed E-state index contributed by atoms with van der Waals surface area (Å²) < 4.78 is 2.12. The number of thiazole rings is 1. The zero-order valence-corrected chi connectivity index (χ0v) is 8.18. The lowest BCUT2D eigenvalue weighted by Crippen LogP contribution is -1.94. The van der Waals surface area contributed by atoms with Crippen LogP contribution in [-0.4, -0.2) is 14.7 Å².